The van der Waals surface area contributed by atoms with Crippen molar-refractivity contribution < 1.29 is 23.1 Å². The summed E-state index contributed by atoms with van der Waals surface area (Å²) in [5.41, 5.74) is 0. The standard InChI is InChI=1S/C13H22N2O5S/c1-3-4-5-7-14(2)13(18)15(9-12(16)17)11-6-8-21(19,20)10-11/h3,11H,1,4-10H2,2H3,(H,16,17). The maximum Gasteiger partial charge on any atom is 0.323 e. The summed E-state index contributed by atoms with van der Waals surface area (Å²) in [6.07, 6.45) is 3.53. The van der Waals surface area contributed by atoms with Gasteiger partial charge in [-0.15, -0.1) is 6.58 Å². The first kappa shape index (κ1) is 17.5. The van der Waals surface area contributed by atoms with E-state index >= 15 is 0 Å². The molecule has 21 heavy (non-hydrogen) atoms. The van der Waals surface area contributed by atoms with Crippen molar-refractivity contribution >= 4 is 21.8 Å². The molecule has 120 valence electrons. The Bertz CT molecular complexity index is 503. The van der Waals surface area contributed by atoms with Crippen LogP contribution in [-0.4, -0.2) is 73.0 Å². The van der Waals surface area contributed by atoms with Gasteiger partial charge in [0, 0.05) is 19.6 Å². The Morgan fingerprint density at radius 3 is 2.57 bits per heavy atom. The average molecular weight is 318 g/mol. The number of hydrogen-bond acceptors (Lipinski definition) is 4. The first-order valence-corrected chi connectivity index (χ1v) is 8.64. The van der Waals surface area contributed by atoms with Gasteiger partial charge in [-0.3, -0.25) is 4.79 Å². The summed E-state index contributed by atoms with van der Waals surface area (Å²) in [5.74, 6) is -1.31. The second kappa shape index (κ2) is 7.44. The van der Waals surface area contributed by atoms with E-state index in [1.807, 2.05) is 0 Å². The van der Waals surface area contributed by atoms with Crippen LogP contribution in [0.5, 0.6) is 0 Å². The molecule has 1 saturated heterocycles. The second-order valence-corrected chi connectivity index (χ2v) is 7.44. The summed E-state index contributed by atoms with van der Waals surface area (Å²) < 4.78 is 23.0. The maximum absolute atomic E-state index is 12.3. The molecule has 1 aliphatic heterocycles. The zero-order valence-corrected chi connectivity index (χ0v) is 13.0. The minimum atomic E-state index is -3.17. The lowest BCUT2D eigenvalue weighted by Crippen LogP contribution is -2.49. The number of carbonyl (C=O) groups excluding carboxylic acids is 1. The van der Waals surface area contributed by atoms with Gasteiger partial charge in [-0.05, 0) is 19.3 Å². The molecular formula is C13H22N2O5S. The summed E-state index contributed by atoms with van der Waals surface area (Å²) in [7, 11) is -1.59. The number of unbranched alkanes of at least 4 members (excludes halogenated alkanes) is 1. The average Bonchev–Trinajstić information content (AvgIpc) is 2.75. The monoisotopic (exact) mass is 318 g/mol. The van der Waals surface area contributed by atoms with E-state index in [2.05, 4.69) is 6.58 Å². The molecule has 0 radical (unpaired) electrons. The summed E-state index contributed by atoms with van der Waals surface area (Å²) in [5, 5.41) is 8.94. The number of aliphatic carboxylic acids is 1. The molecule has 0 aromatic heterocycles. The summed E-state index contributed by atoms with van der Waals surface area (Å²) in [6, 6.07) is -0.996. The molecular weight excluding hydrogens is 296 g/mol. The number of amides is 2. The lowest BCUT2D eigenvalue weighted by molar-refractivity contribution is -0.138. The summed E-state index contributed by atoms with van der Waals surface area (Å²) >= 11 is 0. The Labute approximate surface area is 125 Å². The predicted octanol–water partition coefficient (Wildman–Crippen LogP) is 0.578. The van der Waals surface area contributed by atoms with Crippen molar-refractivity contribution in [2.75, 3.05) is 31.6 Å². The quantitative estimate of drug-likeness (QED) is 0.547. The molecule has 1 unspecified atom stereocenters. The molecule has 0 bridgehead atoms. The van der Waals surface area contributed by atoms with Crippen molar-refractivity contribution in [2.45, 2.75) is 25.3 Å². The van der Waals surface area contributed by atoms with Gasteiger partial charge in [0.25, 0.3) is 0 Å². The molecule has 0 aromatic rings. The van der Waals surface area contributed by atoms with E-state index in [4.69, 9.17) is 5.11 Å². The molecule has 1 atom stereocenters. The normalized spacial score (nSPS) is 20.0. The molecule has 2 amide bonds. The van der Waals surface area contributed by atoms with E-state index < -0.39 is 34.4 Å². The number of rotatable bonds is 7. The van der Waals surface area contributed by atoms with Crippen molar-refractivity contribution in [3.05, 3.63) is 12.7 Å². The van der Waals surface area contributed by atoms with Gasteiger partial charge < -0.3 is 14.9 Å². The Balaban J connectivity index is 2.75. The molecule has 1 rings (SSSR count). The van der Waals surface area contributed by atoms with Gasteiger partial charge in [0.1, 0.15) is 6.54 Å². The number of carbonyl (C=O) groups is 2. The molecule has 8 heteroatoms. The molecule has 1 N–H and O–H groups in total. The first-order valence-electron chi connectivity index (χ1n) is 6.81. The van der Waals surface area contributed by atoms with E-state index in [9.17, 15) is 18.0 Å². The number of allylic oxidation sites excluding steroid dienone is 1. The van der Waals surface area contributed by atoms with E-state index in [1.54, 1.807) is 13.1 Å². The van der Waals surface area contributed by atoms with Gasteiger partial charge in [0.05, 0.1) is 11.5 Å². The van der Waals surface area contributed by atoms with Crippen LogP contribution in [0.15, 0.2) is 12.7 Å². The molecule has 1 fully saturated rings. The minimum absolute atomic E-state index is 0.00123. The third-order valence-corrected chi connectivity index (χ3v) is 5.18. The molecule has 0 aliphatic carbocycles. The van der Waals surface area contributed by atoms with Crippen LogP contribution in [0.4, 0.5) is 4.79 Å². The number of urea groups is 1. The van der Waals surface area contributed by atoms with Gasteiger partial charge in [-0.25, -0.2) is 13.2 Å². The maximum atomic E-state index is 12.3. The summed E-state index contributed by atoms with van der Waals surface area (Å²) in [4.78, 5) is 25.9. The zero-order valence-electron chi connectivity index (χ0n) is 12.2. The van der Waals surface area contributed by atoms with Crippen molar-refractivity contribution in [1.29, 1.82) is 0 Å². The number of carboxylic acids is 1. The van der Waals surface area contributed by atoms with Gasteiger partial charge in [-0.2, -0.15) is 0 Å². The van der Waals surface area contributed by atoms with Crippen LogP contribution in [0, 0.1) is 0 Å². The van der Waals surface area contributed by atoms with Gasteiger partial charge in [-0.1, -0.05) is 6.08 Å². The molecule has 1 heterocycles. The Kier molecular flexibility index (Phi) is 6.19. The first-order chi connectivity index (χ1) is 9.76. The molecule has 0 spiro atoms. The SMILES string of the molecule is C=CCCCN(C)C(=O)N(CC(=O)O)C1CCS(=O)(=O)C1. The lowest BCUT2D eigenvalue weighted by atomic mass is 10.2. The highest BCUT2D eigenvalue weighted by molar-refractivity contribution is 7.91. The van der Waals surface area contributed by atoms with Crippen molar-refractivity contribution in [3.8, 4) is 0 Å². The highest BCUT2D eigenvalue weighted by atomic mass is 32.2. The van der Waals surface area contributed by atoms with Crippen molar-refractivity contribution in [2.24, 2.45) is 0 Å². The Hall–Kier alpha value is -1.57. The molecule has 0 saturated carbocycles. The van der Waals surface area contributed by atoms with E-state index in [0.29, 0.717) is 13.0 Å². The topological polar surface area (TPSA) is 95.0 Å². The van der Waals surface area contributed by atoms with Crippen LogP contribution in [0.2, 0.25) is 0 Å². The number of carboxylic acid groups (broad SMARTS) is 1. The van der Waals surface area contributed by atoms with E-state index in [-0.39, 0.29) is 11.5 Å². The highest BCUT2D eigenvalue weighted by Crippen LogP contribution is 2.19. The third kappa shape index (κ3) is 5.37. The minimum Gasteiger partial charge on any atom is -0.480 e. The highest BCUT2D eigenvalue weighted by Gasteiger charge is 2.36. The fourth-order valence-electron chi connectivity index (χ4n) is 2.31. The number of sulfone groups is 1. The van der Waals surface area contributed by atoms with Crippen LogP contribution in [0.1, 0.15) is 19.3 Å². The van der Waals surface area contributed by atoms with E-state index in [0.717, 1.165) is 17.7 Å². The number of hydrogen-bond donors (Lipinski definition) is 1. The van der Waals surface area contributed by atoms with Crippen LogP contribution in [-0.2, 0) is 14.6 Å². The van der Waals surface area contributed by atoms with Crippen LogP contribution >= 0.6 is 0 Å². The Morgan fingerprint density at radius 2 is 2.10 bits per heavy atom. The molecule has 1 aliphatic rings. The molecule has 7 nitrogen and oxygen atoms in total. The van der Waals surface area contributed by atoms with Crippen LogP contribution in [0.25, 0.3) is 0 Å². The lowest BCUT2D eigenvalue weighted by Gasteiger charge is -2.31. The fourth-order valence-corrected chi connectivity index (χ4v) is 4.04. The second-order valence-electron chi connectivity index (χ2n) is 5.21. The third-order valence-electron chi connectivity index (χ3n) is 3.43. The van der Waals surface area contributed by atoms with Gasteiger partial charge >= 0.3 is 12.0 Å². The zero-order chi connectivity index (χ0) is 16.0. The molecule has 0 aromatic carbocycles. The Morgan fingerprint density at radius 1 is 1.43 bits per heavy atom. The van der Waals surface area contributed by atoms with Gasteiger partial charge in [0.2, 0.25) is 0 Å². The van der Waals surface area contributed by atoms with Crippen LogP contribution < -0.4 is 0 Å². The van der Waals surface area contributed by atoms with E-state index in [1.165, 1.54) is 4.90 Å². The fraction of sp³-hybridized carbons (Fsp3) is 0.692. The summed E-state index contributed by atoms with van der Waals surface area (Å²) in [6.45, 7) is 3.59. The van der Waals surface area contributed by atoms with Crippen molar-refractivity contribution in [3.63, 3.8) is 0 Å². The largest absolute Gasteiger partial charge is 0.480 e. The van der Waals surface area contributed by atoms with Crippen LogP contribution in [0.3, 0.4) is 0 Å². The number of nitrogens with zero attached hydrogens (tertiary/aromatic N) is 2. The smallest absolute Gasteiger partial charge is 0.323 e. The van der Waals surface area contributed by atoms with Crippen molar-refractivity contribution in [1.82, 2.24) is 9.80 Å². The van der Waals surface area contributed by atoms with Gasteiger partial charge in [0.15, 0.2) is 9.84 Å². The predicted molar refractivity (Wildman–Crippen MR) is 78.9 cm³/mol.